The van der Waals surface area contributed by atoms with Crippen molar-refractivity contribution in [3.8, 4) is 0 Å². The zero-order chi connectivity index (χ0) is 12.3. The molecule has 0 saturated carbocycles. The van der Waals surface area contributed by atoms with Gasteiger partial charge < -0.3 is 10.6 Å². The molecule has 1 heterocycles. The van der Waals surface area contributed by atoms with Crippen LogP contribution in [0.2, 0.25) is 0 Å². The van der Waals surface area contributed by atoms with Crippen LogP contribution in [0.3, 0.4) is 0 Å². The summed E-state index contributed by atoms with van der Waals surface area (Å²) in [6.45, 7) is 2.95. The van der Waals surface area contributed by atoms with E-state index in [-0.39, 0.29) is 0 Å². The molecule has 2 rings (SSSR count). The number of hydrogen-bond acceptors (Lipinski definition) is 3. The molecule has 0 amide bonds. The average Bonchev–Trinajstić information content (AvgIpc) is 2.32. The fraction of sp³-hybridized carbons (Fsp3) is 0.214. The van der Waals surface area contributed by atoms with Crippen LogP contribution in [0.15, 0.2) is 42.7 Å². The highest BCUT2D eigenvalue weighted by molar-refractivity contribution is 5.53. The van der Waals surface area contributed by atoms with Crippen LogP contribution in [0.4, 0.5) is 11.4 Å². The SMILES string of the molecule is Cc1ccc(CN(C)c2cncc(N)c2)cc1. The molecule has 88 valence electrons. The molecule has 1 aromatic carbocycles. The number of anilines is 2. The maximum atomic E-state index is 5.72. The van der Waals surface area contributed by atoms with Crippen molar-refractivity contribution in [2.45, 2.75) is 13.5 Å². The Labute approximate surface area is 102 Å². The van der Waals surface area contributed by atoms with Gasteiger partial charge in [-0.1, -0.05) is 29.8 Å². The van der Waals surface area contributed by atoms with Crippen molar-refractivity contribution in [3.05, 3.63) is 53.9 Å². The van der Waals surface area contributed by atoms with Gasteiger partial charge in [-0.05, 0) is 18.6 Å². The highest BCUT2D eigenvalue weighted by atomic mass is 15.1. The first kappa shape index (κ1) is 11.5. The molecule has 2 N–H and O–H groups in total. The summed E-state index contributed by atoms with van der Waals surface area (Å²) in [6, 6.07) is 10.5. The summed E-state index contributed by atoms with van der Waals surface area (Å²) in [6.07, 6.45) is 3.48. The minimum Gasteiger partial charge on any atom is -0.397 e. The maximum absolute atomic E-state index is 5.72. The van der Waals surface area contributed by atoms with Crippen LogP contribution in [0.25, 0.3) is 0 Å². The highest BCUT2D eigenvalue weighted by Gasteiger charge is 2.02. The molecule has 0 bridgehead atoms. The Morgan fingerprint density at radius 1 is 1.18 bits per heavy atom. The molecule has 0 fully saturated rings. The summed E-state index contributed by atoms with van der Waals surface area (Å²) >= 11 is 0. The zero-order valence-corrected chi connectivity index (χ0v) is 10.2. The second kappa shape index (κ2) is 4.87. The summed E-state index contributed by atoms with van der Waals surface area (Å²) in [5.74, 6) is 0. The number of aromatic nitrogens is 1. The minimum absolute atomic E-state index is 0.693. The fourth-order valence-electron chi connectivity index (χ4n) is 1.71. The van der Waals surface area contributed by atoms with Crippen molar-refractivity contribution in [1.29, 1.82) is 0 Å². The number of pyridine rings is 1. The standard InChI is InChI=1S/C14H17N3/c1-11-3-5-12(6-4-11)10-17(2)14-7-13(15)8-16-9-14/h3-9H,10,15H2,1-2H3. The first-order valence-electron chi connectivity index (χ1n) is 5.62. The van der Waals surface area contributed by atoms with Crippen LogP contribution in [-0.2, 0) is 6.54 Å². The van der Waals surface area contributed by atoms with E-state index in [2.05, 4.69) is 41.1 Å². The molecular formula is C14H17N3. The van der Waals surface area contributed by atoms with Gasteiger partial charge in [0.25, 0.3) is 0 Å². The van der Waals surface area contributed by atoms with E-state index in [0.29, 0.717) is 5.69 Å². The van der Waals surface area contributed by atoms with Crippen molar-refractivity contribution in [2.24, 2.45) is 0 Å². The molecule has 2 aromatic rings. The topological polar surface area (TPSA) is 42.2 Å². The van der Waals surface area contributed by atoms with Gasteiger partial charge in [-0.2, -0.15) is 0 Å². The van der Waals surface area contributed by atoms with Gasteiger partial charge in [-0.15, -0.1) is 0 Å². The number of benzene rings is 1. The van der Waals surface area contributed by atoms with E-state index in [1.807, 2.05) is 19.3 Å². The highest BCUT2D eigenvalue weighted by Crippen LogP contribution is 2.16. The number of nitrogen functional groups attached to an aromatic ring is 1. The monoisotopic (exact) mass is 227 g/mol. The lowest BCUT2D eigenvalue weighted by atomic mass is 10.1. The smallest absolute Gasteiger partial charge is 0.0573 e. The zero-order valence-electron chi connectivity index (χ0n) is 10.2. The number of nitrogens with two attached hydrogens (primary N) is 1. The van der Waals surface area contributed by atoms with Crippen molar-refractivity contribution in [3.63, 3.8) is 0 Å². The summed E-state index contributed by atoms with van der Waals surface area (Å²) in [4.78, 5) is 6.23. The van der Waals surface area contributed by atoms with Gasteiger partial charge in [0.05, 0.1) is 17.6 Å². The molecule has 0 aliphatic heterocycles. The third-order valence-corrected chi connectivity index (χ3v) is 2.73. The predicted octanol–water partition coefficient (Wildman–Crippen LogP) is 2.61. The molecule has 3 heteroatoms. The van der Waals surface area contributed by atoms with E-state index in [1.54, 1.807) is 6.20 Å². The Morgan fingerprint density at radius 2 is 1.88 bits per heavy atom. The molecule has 0 spiro atoms. The van der Waals surface area contributed by atoms with Crippen molar-refractivity contribution < 1.29 is 0 Å². The maximum Gasteiger partial charge on any atom is 0.0573 e. The molecule has 0 saturated heterocycles. The van der Waals surface area contributed by atoms with E-state index < -0.39 is 0 Å². The number of rotatable bonds is 3. The molecule has 3 nitrogen and oxygen atoms in total. The lowest BCUT2D eigenvalue weighted by Crippen LogP contribution is -2.16. The molecule has 1 aromatic heterocycles. The molecular weight excluding hydrogens is 210 g/mol. The number of nitrogens with zero attached hydrogens (tertiary/aromatic N) is 2. The Hall–Kier alpha value is -2.03. The van der Waals surface area contributed by atoms with Gasteiger partial charge in [0, 0.05) is 19.8 Å². The molecule has 0 atom stereocenters. The normalized spacial score (nSPS) is 10.2. The molecule has 0 aliphatic carbocycles. The van der Waals surface area contributed by atoms with Crippen LogP contribution in [0.5, 0.6) is 0 Å². The Kier molecular flexibility index (Phi) is 3.28. The quantitative estimate of drug-likeness (QED) is 0.876. The minimum atomic E-state index is 0.693. The molecule has 17 heavy (non-hydrogen) atoms. The lowest BCUT2D eigenvalue weighted by molar-refractivity contribution is 0.918. The molecule has 0 unspecified atom stereocenters. The summed E-state index contributed by atoms with van der Waals surface area (Å²) in [7, 11) is 2.04. The van der Waals surface area contributed by atoms with Gasteiger partial charge in [0.1, 0.15) is 0 Å². The first-order chi connectivity index (χ1) is 8.15. The van der Waals surface area contributed by atoms with E-state index in [1.165, 1.54) is 11.1 Å². The summed E-state index contributed by atoms with van der Waals surface area (Å²) < 4.78 is 0. The van der Waals surface area contributed by atoms with Crippen molar-refractivity contribution >= 4 is 11.4 Å². The van der Waals surface area contributed by atoms with E-state index in [4.69, 9.17) is 5.73 Å². The summed E-state index contributed by atoms with van der Waals surface area (Å²) in [5.41, 5.74) is 10.0. The van der Waals surface area contributed by atoms with Crippen LogP contribution < -0.4 is 10.6 Å². The number of aryl methyl sites for hydroxylation is 1. The van der Waals surface area contributed by atoms with Crippen LogP contribution >= 0.6 is 0 Å². The lowest BCUT2D eigenvalue weighted by Gasteiger charge is -2.19. The Balaban J connectivity index is 2.11. The summed E-state index contributed by atoms with van der Waals surface area (Å²) in [5, 5.41) is 0. The third-order valence-electron chi connectivity index (χ3n) is 2.73. The van der Waals surface area contributed by atoms with Gasteiger partial charge >= 0.3 is 0 Å². The van der Waals surface area contributed by atoms with Crippen molar-refractivity contribution in [2.75, 3.05) is 17.7 Å². The van der Waals surface area contributed by atoms with Gasteiger partial charge in [-0.25, -0.2) is 0 Å². The first-order valence-corrected chi connectivity index (χ1v) is 5.62. The van der Waals surface area contributed by atoms with Crippen molar-refractivity contribution in [1.82, 2.24) is 4.98 Å². The van der Waals surface area contributed by atoms with Crippen LogP contribution in [-0.4, -0.2) is 12.0 Å². The van der Waals surface area contributed by atoms with Gasteiger partial charge in [-0.3, -0.25) is 4.98 Å². The largest absolute Gasteiger partial charge is 0.397 e. The van der Waals surface area contributed by atoms with Gasteiger partial charge in [0.15, 0.2) is 0 Å². The second-order valence-corrected chi connectivity index (χ2v) is 4.32. The van der Waals surface area contributed by atoms with E-state index in [9.17, 15) is 0 Å². The van der Waals surface area contributed by atoms with Crippen LogP contribution in [0, 0.1) is 6.92 Å². The van der Waals surface area contributed by atoms with Gasteiger partial charge in [0.2, 0.25) is 0 Å². The Morgan fingerprint density at radius 3 is 2.53 bits per heavy atom. The fourth-order valence-corrected chi connectivity index (χ4v) is 1.71. The van der Waals surface area contributed by atoms with Crippen LogP contribution in [0.1, 0.15) is 11.1 Å². The van der Waals surface area contributed by atoms with E-state index in [0.717, 1.165) is 12.2 Å². The Bertz CT molecular complexity index is 491. The third kappa shape index (κ3) is 2.97. The molecule has 0 radical (unpaired) electrons. The average molecular weight is 227 g/mol. The van der Waals surface area contributed by atoms with E-state index >= 15 is 0 Å². The molecule has 0 aliphatic rings. The number of hydrogen-bond donors (Lipinski definition) is 1. The second-order valence-electron chi connectivity index (χ2n) is 4.32. The predicted molar refractivity (Wildman–Crippen MR) is 71.9 cm³/mol.